The average Bonchev–Trinajstić information content (AvgIpc) is 2.19. The molecule has 1 aliphatic carbocycles. The maximum atomic E-state index is 6.11. The molecule has 0 saturated heterocycles. The van der Waals surface area contributed by atoms with Gasteiger partial charge in [0.1, 0.15) is 0 Å². The summed E-state index contributed by atoms with van der Waals surface area (Å²) in [6.45, 7) is 0.803. The quantitative estimate of drug-likeness (QED) is 0.503. The topological polar surface area (TPSA) is 52.0 Å². The zero-order valence-corrected chi connectivity index (χ0v) is 8.41. The van der Waals surface area contributed by atoms with Gasteiger partial charge in [-0.3, -0.25) is 0 Å². The highest BCUT2D eigenvalue weighted by Gasteiger charge is 2.17. The fraction of sp³-hybridized carbons (Fsp3) is 0.818. The Morgan fingerprint density at radius 2 is 2.15 bits per heavy atom. The normalized spacial score (nSPS) is 24.6. The molecule has 0 aromatic heterocycles. The summed E-state index contributed by atoms with van der Waals surface area (Å²) in [4.78, 5) is 0. The number of hydrogen-bond donors (Lipinski definition) is 2. The summed E-state index contributed by atoms with van der Waals surface area (Å²) in [5.74, 6) is 0.725. The van der Waals surface area contributed by atoms with Crippen molar-refractivity contribution in [3.8, 4) is 0 Å². The zero-order chi connectivity index (χ0) is 9.52. The Morgan fingerprint density at radius 1 is 1.31 bits per heavy atom. The van der Waals surface area contributed by atoms with Crippen molar-refractivity contribution in [2.75, 3.05) is 6.54 Å². The van der Waals surface area contributed by atoms with Gasteiger partial charge in [-0.25, -0.2) is 0 Å². The summed E-state index contributed by atoms with van der Waals surface area (Å²) in [7, 11) is 0. The molecule has 0 aliphatic heterocycles. The minimum atomic E-state index is 0.400. The third kappa shape index (κ3) is 3.92. The van der Waals surface area contributed by atoms with Gasteiger partial charge in [0.15, 0.2) is 0 Å². The Labute approximate surface area is 81.4 Å². The molecule has 4 N–H and O–H groups in total. The number of rotatable bonds is 5. The molecule has 0 heterocycles. The fourth-order valence-corrected chi connectivity index (χ4v) is 1.97. The van der Waals surface area contributed by atoms with Crippen molar-refractivity contribution in [2.24, 2.45) is 17.4 Å². The van der Waals surface area contributed by atoms with Crippen LogP contribution >= 0.6 is 0 Å². The summed E-state index contributed by atoms with van der Waals surface area (Å²) in [6.07, 6.45) is 11.7. The van der Waals surface area contributed by atoms with Gasteiger partial charge in [-0.1, -0.05) is 18.6 Å². The van der Waals surface area contributed by atoms with Crippen LogP contribution in [0.25, 0.3) is 0 Å². The first-order valence-electron chi connectivity index (χ1n) is 5.45. The second-order valence-corrected chi connectivity index (χ2v) is 3.99. The minimum Gasteiger partial charge on any atom is -0.330 e. The first-order chi connectivity index (χ1) is 6.34. The van der Waals surface area contributed by atoms with E-state index < -0.39 is 0 Å². The SMILES string of the molecule is NCCCCC(N)[C@@H]1CC=CCC1. The molecule has 0 amide bonds. The van der Waals surface area contributed by atoms with Gasteiger partial charge in [-0.15, -0.1) is 0 Å². The lowest BCUT2D eigenvalue weighted by molar-refractivity contribution is 0.363. The van der Waals surface area contributed by atoms with E-state index in [1.165, 1.54) is 25.7 Å². The van der Waals surface area contributed by atoms with E-state index >= 15 is 0 Å². The van der Waals surface area contributed by atoms with Crippen LogP contribution in [-0.4, -0.2) is 12.6 Å². The van der Waals surface area contributed by atoms with Crippen molar-refractivity contribution < 1.29 is 0 Å². The molecule has 0 radical (unpaired) electrons. The van der Waals surface area contributed by atoms with Gasteiger partial charge >= 0.3 is 0 Å². The highest BCUT2D eigenvalue weighted by atomic mass is 14.6. The van der Waals surface area contributed by atoms with Crippen LogP contribution in [0.5, 0.6) is 0 Å². The second kappa shape index (κ2) is 6.17. The maximum absolute atomic E-state index is 6.11. The molecule has 0 bridgehead atoms. The maximum Gasteiger partial charge on any atom is 0.00702 e. The van der Waals surface area contributed by atoms with E-state index in [1.54, 1.807) is 0 Å². The molecule has 0 saturated carbocycles. The first kappa shape index (κ1) is 10.7. The second-order valence-electron chi connectivity index (χ2n) is 3.99. The number of hydrogen-bond acceptors (Lipinski definition) is 2. The zero-order valence-electron chi connectivity index (χ0n) is 8.41. The Morgan fingerprint density at radius 3 is 2.77 bits per heavy atom. The highest BCUT2D eigenvalue weighted by molar-refractivity contribution is 4.93. The van der Waals surface area contributed by atoms with Crippen LogP contribution in [0.2, 0.25) is 0 Å². The van der Waals surface area contributed by atoms with E-state index in [0.717, 1.165) is 25.3 Å². The number of unbranched alkanes of at least 4 members (excludes halogenated alkanes) is 1. The molecule has 0 aromatic carbocycles. The molecule has 76 valence electrons. The Kier molecular flexibility index (Phi) is 5.09. The van der Waals surface area contributed by atoms with Crippen molar-refractivity contribution in [3.05, 3.63) is 12.2 Å². The molecular formula is C11H22N2. The van der Waals surface area contributed by atoms with E-state index in [0.29, 0.717) is 6.04 Å². The van der Waals surface area contributed by atoms with Crippen molar-refractivity contribution >= 4 is 0 Å². The lowest BCUT2D eigenvalue weighted by Crippen LogP contribution is -2.30. The average molecular weight is 182 g/mol. The minimum absolute atomic E-state index is 0.400. The smallest absolute Gasteiger partial charge is 0.00702 e. The van der Waals surface area contributed by atoms with Gasteiger partial charge < -0.3 is 11.5 Å². The molecule has 0 fully saturated rings. The largest absolute Gasteiger partial charge is 0.330 e. The van der Waals surface area contributed by atoms with E-state index in [4.69, 9.17) is 11.5 Å². The van der Waals surface area contributed by atoms with Gasteiger partial charge in [-0.2, -0.15) is 0 Å². The molecule has 2 atom stereocenters. The molecule has 2 nitrogen and oxygen atoms in total. The van der Waals surface area contributed by atoms with Crippen LogP contribution in [0.4, 0.5) is 0 Å². The lowest BCUT2D eigenvalue weighted by Gasteiger charge is -2.24. The van der Waals surface area contributed by atoms with E-state index in [2.05, 4.69) is 12.2 Å². The van der Waals surface area contributed by atoms with Crippen molar-refractivity contribution in [3.63, 3.8) is 0 Å². The molecule has 1 rings (SSSR count). The lowest BCUT2D eigenvalue weighted by atomic mass is 9.86. The summed E-state index contributed by atoms with van der Waals surface area (Å²) in [6, 6.07) is 0.400. The molecule has 2 heteroatoms. The predicted octanol–water partition coefficient (Wildman–Crippen LogP) is 1.80. The standard InChI is InChI=1S/C11H22N2/c12-9-5-4-8-11(13)10-6-2-1-3-7-10/h1-2,10-11H,3-9,12-13H2/t10-,11?/m1/s1. The molecule has 1 unspecified atom stereocenters. The van der Waals surface area contributed by atoms with Gasteiger partial charge in [0, 0.05) is 6.04 Å². The first-order valence-corrected chi connectivity index (χ1v) is 5.45. The van der Waals surface area contributed by atoms with Crippen LogP contribution in [0, 0.1) is 5.92 Å². The van der Waals surface area contributed by atoms with Crippen molar-refractivity contribution in [1.82, 2.24) is 0 Å². The summed E-state index contributed by atoms with van der Waals surface area (Å²) < 4.78 is 0. The van der Waals surface area contributed by atoms with Gasteiger partial charge in [0.25, 0.3) is 0 Å². The molecule has 0 spiro atoms. The van der Waals surface area contributed by atoms with Gasteiger partial charge in [0.05, 0.1) is 0 Å². The van der Waals surface area contributed by atoms with Crippen LogP contribution in [0.15, 0.2) is 12.2 Å². The Hall–Kier alpha value is -0.340. The Balaban J connectivity index is 2.14. The third-order valence-electron chi connectivity index (χ3n) is 2.91. The van der Waals surface area contributed by atoms with E-state index in [-0.39, 0.29) is 0 Å². The molecule has 13 heavy (non-hydrogen) atoms. The number of allylic oxidation sites excluding steroid dienone is 2. The summed E-state index contributed by atoms with van der Waals surface area (Å²) >= 11 is 0. The van der Waals surface area contributed by atoms with E-state index in [9.17, 15) is 0 Å². The third-order valence-corrected chi connectivity index (χ3v) is 2.91. The van der Waals surface area contributed by atoms with Crippen LogP contribution in [0.1, 0.15) is 38.5 Å². The van der Waals surface area contributed by atoms with Crippen LogP contribution in [-0.2, 0) is 0 Å². The predicted molar refractivity (Wildman–Crippen MR) is 57.4 cm³/mol. The van der Waals surface area contributed by atoms with Crippen molar-refractivity contribution in [1.29, 1.82) is 0 Å². The van der Waals surface area contributed by atoms with E-state index in [1.807, 2.05) is 0 Å². The molecule has 0 aromatic rings. The van der Waals surface area contributed by atoms with Gasteiger partial charge in [-0.05, 0) is 44.6 Å². The molecule has 1 aliphatic rings. The summed E-state index contributed by atoms with van der Waals surface area (Å²) in [5.41, 5.74) is 11.6. The van der Waals surface area contributed by atoms with Crippen molar-refractivity contribution in [2.45, 2.75) is 44.6 Å². The number of nitrogens with two attached hydrogens (primary N) is 2. The van der Waals surface area contributed by atoms with Crippen LogP contribution < -0.4 is 11.5 Å². The highest BCUT2D eigenvalue weighted by Crippen LogP contribution is 2.22. The Bertz CT molecular complexity index is 154. The monoisotopic (exact) mass is 182 g/mol. The van der Waals surface area contributed by atoms with Crippen LogP contribution in [0.3, 0.4) is 0 Å². The fourth-order valence-electron chi connectivity index (χ4n) is 1.97. The van der Waals surface area contributed by atoms with Gasteiger partial charge in [0.2, 0.25) is 0 Å². The summed E-state index contributed by atoms with van der Waals surface area (Å²) in [5, 5.41) is 0. The molecular weight excluding hydrogens is 160 g/mol.